The Hall–Kier alpha value is -4.18. The number of amides is 1. The van der Waals surface area contributed by atoms with Crippen molar-refractivity contribution in [2.24, 2.45) is 0 Å². The van der Waals surface area contributed by atoms with Crippen LogP contribution >= 0.6 is 0 Å². The average molecular weight is 387 g/mol. The number of nitro benzene ring substituents is 1. The molecule has 3 rings (SSSR count). The molecule has 1 amide bonds. The van der Waals surface area contributed by atoms with E-state index in [0.29, 0.717) is 17.1 Å². The summed E-state index contributed by atoms with van der Waals surface area (Å²) in [5.74, 6) is 0.302. The van der Waals surface area contributed by atoms with Gasteiger partial charge in [-0.1, -0.05) is 30.3 Å². The van der Waals surface area contributed by atoms with E-state index in [-0.39, 0.29) is 17.3 Å². The van der Waals surface area contributed by atoms with E-state index in [1.807, 2.05) is 43.3 Å². The molecule has 0 spiro atoms. The molecule has 0 aliphatic rings. The highest BCUT2D eigenvalue weighted by Crippen LogP contribution is 2.25. The Morgan fingerprint density at radius 3 is 2.45 bits per heavy atom. The lowest BCUT2D eigenvalue weighted by Gasteiger charge is -2.13. The van der Waals surface area contributed by atoms with E-state index in [1.165, 1.54) is 18.2 Å². The van der Waals surface area contributed by atoms with E-state index in [0.717, 1.165) is 5.56 Å². The third-order valence-corrected chi connectivity index (χ3v) is 4.29. The van der Waals surface area contributed by atoms with E-state index >= 15 is 0 Å². The fraction of sp³-hybridized carbons (Fsp3) is 0.0909. The van der Waals surface area contributed by atoms with Crippen molar-refractivity contribution in [2.75, 3.05) is 0 Å². The molecule has 7 heteroatoms. The molecule has 0 saturated heterocycles. The quantitative estimate of drug-likeness (QED) is 0.287. The first-order chi connectivity index (χ1) is 14.0. The Balaban J connectivity index is 1.75. The minimum Gasteiger partial charge on any atom is -0.457 e. The number of nitriles is 1. The molecule has 1 N–H and O–H groups in total. The van der Waals surface area contributed by atoms with Crippen LogP contribution in [0.15, 0.2) is 76.7 Å². The molecule has 0 bridgehead atoms. The van der Waals surface area contributed by atoms with E-state index < -0.39 is 10.8 Å². The Labute approximate surface area is 167 Å². The summed E-state index contributed by atoms with van der Waals surface area (Å²) in [6, 6.07) is 20.3. The summed E-state index contributed by atoms with van der Waals surface area (Å²) in [4.78, 5) is 22.7. The molecular weight excluding hydrogens is 370 g/mol. The summed E-state index contributed by atoms with van der Waals surface area (Å²) < 4.78 is 5.66. The van der Waals surface area contributed by atoms with Crippen LogP contribution in [0.1, 0.15) is 24.3 Å². The number of carbonyl (C=O) groups excluding carboxylic acids is 1. The molecule has 0 aliphatic heterocycles. The highest BCUT2D eigenvalue weighted by Gasteiger charge is 2.15. The number of hydrogen-bond donors (Lipinski definition) is 1. The minimum atomic E-state index is -0.503. The molecule has 3 aromatic rings. The van der Waals surface area contributed by atoms with E-state index in [1.54, 1.807) is 24.3 Å². The van der Waals surface area contributed by atoms with Crippen molar-refractivity contribution in [3.05, 3.63) is 93.7 Å². The molecule has 0 fully saturated rings. The van der Waals surface area contributed by atoms with Crippen molar-refractivity contribution in [3.8, 4) is 17.4 Å². The standard InChI is InChI=1S/C22H17N3O4/c1-15(16-5-3-2-4-6-16)24-22(26)18(14-23)13-20-11-12-21(29-20)17-7-9-19(10-8-17)25(27)28/h2-13,15H,1H3,(H,24,26). The first-order valence-corrected chi connectivity index (χ1v) is 8.80. The highest BCUT2D eigenvalue weighted by molar-refractivity contribution is 6.01. The molecule has 2 aromatic carbocycles. The van der Waals surface area contributed by atoms with Gasteiger partial charge in [-0.15, -0.1) is 0 Å². The molecule has 0 aliphatic carbocycles. The maximum absolute atomic E-state index is 12.4. The van der Waals surface area contributed by atoms with Gasteiger partial charge in [0.25, 0.3) is 11.6 Å². The van der Waals surface area contributed by atoms with Gasteiger partial charge in [-0.3, -0.25) is 14.9 Å². The van der Waals surface area contributed by atoms with Gasteiger partial charge in [0.15, 0.2) is 0 Å². The predicted molar refractivity (Wildman–Crippen MR) is 107 cm³/mol. The number of nitrogens with one attached hydrogen (secondary N) is 1. The van der Waals surface area contributed by atoms with Gasteiger partial charge in [0.05, 0.1) is 11.0 Å². The van der Waals surface area contributed by atoms with Crippen molar-refractivity contribution in [2.45, 2.75) is 13.0 Å². The van der Waals surface area contributed by atoms with Gasteiger partial charge in [-0.2, -0.15) is 5.26 Å². The summed E-state index contributed by atoms with van der Waals surface area (Å²) in [6.07, 6.45) is 1.36. The molecular formula is C22H17N3O4. The van der Waals surface area contributed by atoms with Crippen molar-refractivity contribution in [1.29, 1.82) is 5.26 Å². The van der Waals surface area contributed by atoms with Crippen LogP contribution in [0.3, 0.4) is 0 Å². The normalized spacial score (nSPS) is 12.1. The smallest absolute Gasteiger partial charge is 0.269 e. The fourth-order valence-electron chi connectivity index (χ4n) is 2.72. The third-order valence-electron chi connectivity index (χ3n) is 4.29. The first kappa shape index (κ1) is 19.6. The topological polar surface area (TPSA) is 109 Å². The van der Waals surface area contributed by atoms with Crippen LogP contribution in [0.5, 0.6) is 0 Å². The van der Waals surface area contributed by atoms with Gasteiger partial charge >= 0.3 is 0 Å². The number of non-ortho nitro benzene ring substituents is 1. The van der Waals surface area contributed by atoms with Crippen LogP contribution in [0.25, 0.3) is 17.4 Å². The van der Waals surface area contributed by atoms with Gasteiger partial charge < -0.3 is 9.73 Å². The lowest BCUT2D eigenvalue weighted by atomic mass is 10.1. The minimum absolute atomic E-state index is 0.0172. The van der Waals surface area contributed by atoms with Crippen LogP contribution in [0.4, 0.5) is 5.69 Å². The molecule has 1 aromatic heterocycles. The van der Waals surface area contributed by atoms with Gasteiger partial charge in [0.2, 0.25) is 0 Å². The van der Waals surface area contributed by atoms with E-state index in [4.69, 9.17) is 4.42 Å². The fourth-order valence-corrected chi connectivity index (χ4v) is 2.72. The van der Waals surface area contributed by atoms with Crippen molar-refractivity contribution < 1.29 is 14.1 Å². The molecule has 1 atom stereocenters. The Bertz CT molecular complexity index is 1090. The molecule has 29 heavy (non-hydrogen) atoms. The zero-order valence-electron chi connectivity index (χ0n) is 15.5. The molecule has 7 nitrogen and oxygen atoms in total. The molecule has 0 radical (unpaired) electrons. The third kappa shape index (κ3) is 4.76. The number of nitro groups is 1. The predicted octanol–water partition coefficient (Wildman–Crippen LogP) is 4.64. The van der Waals surface area contributed by atoms with Crippen molar-refractivity contribution in [3.63, 3.8) is 0 Å². The van der Waals surface area contributed by atoms with Crippen LogP contribution in [0, 0.1) is 21.4 Å². The second-order valence-electron chi connectivity index (χ2n) is 6.28. The number of carbonyl (C=O) groups is 1. The highest BCUT2D eigenvalue weighted by atomic mass is 16.6. The lowest BCUT2D eigenvalue weighted by molar-refractivity contribution is -0.384. The monoisotopic (exact) mass is 387 g/mol. The Morgan fingerprint density at radius 1 is 1.14 bits per heavy atom. The zero-order valence-corrected chi connectivity index (χ0v) is 15.5. The second-order valence-corrected chi connectivity index (χ2v) is 6.28. The summed E-state index contributed by atoms with van der Waals surface area (Å²) in [5, 5.41) is 22.9. The average Bonchev–Trinajstić information content (AvgIpc) is 3.21. The summed E-state index contributed by atoms with van der Waals surface area (Å²) in [7, 11) is 0. The van der Waals surface area contributed by atoms with E-state index in [2.05, 4.69) is 5.32 Å². The van der Waals surface area contributed by atoms with Crippen LogP contribution in [0.2, 0.25) is 0 Å². The molecule has 0 saturated carbocycles. The van der Waals surface area contributed by atoms with Gasteiger partial charge in [-0.25, -0.2) is 0 Å². The Morgan fingerprint density at radius 2 is 1.83 bits per heavy atom. The Kier molecular flexibility index (Phi) is 5.85. The first-order valence-electron chi connectivity index (χ1n) is 8.80. The SMILES string of the molecule is CC(NC(=O)C(C#N)=Cc1ccc(-c2ccc([N+](=O)[O-])cc2)o1)c1ccccc1. The number of nitrogens with zero attached hydrogens (tertiary/aromatic N) is 2. The zero-order chi connectivity index (χ0) is 20.8. The van der Waals surface area contributed by atoms with E-state index in [9.17, 15) is 20.2 Å². The summed E-state index contributed by atoms with van der Waals surface area (Å²) in [5.41, 5.74) is 1.47. The van der Waals surface area contributed by atoms with Gasteiger partial charge in [0.1, 0.15) is 23.2 Å². The lowest BCUT2D eigenvalue weighted by Crippen LogP contribution is -2.27. The van der Waals surface area contributed by atoms with Crippen LogP contribution in [-0.2, 0) is 4.79 Å². The molecule has 1 heterocycles. The molecule has 144 valence electrons. The molecule has 1 unspecified atom stereocenters. The van der Waals surface area contributed by atoms with Gasteiger partial charge in [0, 0.05) is 23.8 Å². The number of rotatable bonds is 6. The maximum Gasteiger partial charge on any atom is 0.269 e. The van der Waals surface area contributed by atoms with Gasteiger partial charge in [-0.05, 0) is 36.8 Å². The summed E-state index contributed by atoms with van der Waals surface area (Å²) in [6.45, 7) is 1.84. The number of furan rings is 1. The van der Waals surface area contributed by atoms with Crippen molar-refractivity contribution >= 4 is 17.7 Å². The largest absolute Gasteiger partial charge is 0.457 e. The number of benzene rings is 2. The summed E-state index contributed by atoms with van der Waals surface area (Å²) >= 11 is 0. The second kappa shape index (κ2) is 8.67. The van der Waals surface area contributed by atoms with Crippen LogP contribution < -0.4 is 5.32 Å². The number of hydrogen-bond acceptors (Lipinski definition) is 5. The van der Waals surface area contributed by atoms with Crippen LogP contribution in [-0.4, -0.2) is 10.8 Å². The maximum atomic E-state index is 12.4. The van der Waals surface area contributed by atoms with Crippen molar-refractivity contribution in [1.82, 2.24) is 5.32 Å².